The van der Waals surface area contributed by atoms with Gasteiger partial charge >= 0.3 is 0 Å². The first-order valence-corrected chi connectivity index (χ1v) is 4.77. The Bertz CT molecular complexity index is 158. The lowest BCUT2D eigenvalue weighted by molar-refractivity contribution is 0.124. The average molecular weight is 151 g/mol. The van der Waals surface area contributed by atoms with Crippen LogP contribution in [-0.2, 0) is 0 Å². The Balaban J connectivity index is 1.87. The predicted molar refractivity (Wildman–Crippen MR) is 47.6 cm³/mol. The van der Waals surface area contributed by atoms with E-state index in [4.69, 9.17) is 0 Å². The van der Waals surface area contributed by atoms with E-state index in [9.17, 15) is 0 Å². The van der Waals surface area contributed by atoms with Crippen molar-refractivity contribution in [1.29, 1.82) is 0 Å². The zero-order valence-corrected chi connectivity index (χ0v) is 7.18. The highest BCUT2D eigenvalue weighted by atomic mass is 15.2. The zero-order chi connectivity index (χ0) is 7.68. The largest absolute Gasteiger partial charge is 0.296 e. The predicted octanol–water partition coefficient (Wildman–Crippen LogP) is 2.19. The first-order valence-electron chi connectivity index (χ1n) is 4.77. The van der Waals surface area contributed by atoms with E-state index >= 15 is 0 Å². The molecule has 1 nitrogen and oxygen atoms in total. The van der Waals surface area contributed by atoms with E-state index in [2.05, 4.69) is 11.5 Å². The Kier molecular flexibility index (Phi) is 1.99. The summed E-state index contributed by atoms with van der Waals surface area (Å²) in [4.78, 5) is 2.62. The molecule has 2 fully saturated rings. The van der Waals surface area contributed by atoms with Gasteiger partial charge in [0, 0.05) is 12.6 Å². The Labute approximate surface area is 69.1 Å². The maximum Gasteiger partial charge on any atom is 0.0193 e. The van der Waals surface area contributed by atoms with Gasteiger partial charge in [0.05, 0.1) is 0 Å². The topological polar surface area (TPSA) is 3.24 Å². The van der Waals surface area contributed by atoms with Crippen LogP contribution in [0, 0.1) is 0 Å². The maximum atomic E-state index is 4.06. The molecular formula is C10H17N. The van der Waals surface area contributed by atoms with Crippen LogP contribution in [0.15, 0.2) is 12.2 Å². The molecule has 1 heterocycles. The number of rotatable bonds is 1. The highest BCUT2D eigenvalue weighted by molar-refractivity contribution is 5.02. The highest BCUT2D eigenvalue weighted by Gasteiger charge is 2.26. The summed E-state index contributed by atoms with van der Waals surface area (Å²) in [6.07, 6.45) is 6.94. The second-order valence-corrected chi connectivity index (χ2v) is 3.91. The summed E-state index contributed by atoms with van der Waals surface area (Å²) in [7, 11) is 0. The number of piperidine rings is 1. The maximum absolute atomic E-state index is 4.06. The smallest absolute Gasteiger partial charge is 0.0193 e. The molecule has 0 radical (unpaired) electrons. The van der Waals surface area contributed by atoms with Gasteiger partial charge in [0.25, 0.3) is 0 Å². The van der Waals surface area contributed by atoms with Gasteiger partial charge in [-0.1, -0.05) is 18.6 Å². The highest BCUT2D eigenvalue weighted by Crippen LogP contribution is 2.28. The van der Waals surface area contributed by atoms with Gasteiger partial charge in [-0.15, -0.1) is 0 Å². The number of likely N-dealkylation sites (tertiary alicyclic amines) is 1. The third kappa shape index (κ3) is 1.48. The van der Waals surface area contributed by atoms with Crippen LogP contribution in [-0.4, -0.2) is 24.0 Å². The summed E-state index contributed by atoms with van der Waals surface area (Å²) in [6, 6.07) is 0.923. The van der Waals surface area contributed by atoms with Crippen LogP contribution in [0.2, 0.25) is 0 Å². The van der Waals surface area contributed by atoms with Crippen LogP contribution in [0.4, 0.5) is 0 Å². The van der Waals surface area contributed by atoms with Gasteiger partial charge in [-0.05, 0) is 32.2 Å². The van der Waals surface area contributed by atoms with Crippen molar-refractivity contribution in [2.75, 3.05) is 13.1 Å². The van der Waals surface area contributed by atoms with Crippen molar-refractivity contribution in [2.45, 2.75) is 38.1 Å². The SMILES string of the molecule is C=C1CCCN(C2CCC2)C1. The van der Waals surface area contributed by atoms with Crippen LogP contribution in [0.25, 0.3) is 0 Å². The molecule has 1 saturated heterocycles. The van der Waals surface area contributed by atoms with Crippen LogP contribution in [0.1, 0.15) is 32.1 Å². The van der Waals surface area contributed by atoms with Crippen molar-refractivity contribution < 1.29 is 0 Å². The van der Waals surface area contributed by atoms with E-state index in [-0.39, 0.29) is 0 Å². The van der Waals surface area contributed by atoms with Crippen LogP contribution in [0.5, 0.6) is 0 Å². The summed E-state index contributed by atoms with van der Waals surface area (Å²) in [5.41, 5.74) is 1.45. The van der Waals surface area contributed by atoms with Crippen LogP contribution in [0.3, 0.4) is 0 Å². The normalized spacial score (nSPS) is 28.5. The first kappa shape index (κ1) is 7.35. The molecule has 0 aromatic rings. The van der Waals surface area contributed by atoms with E-state index in [1.165, 1.54) is 50.8 Å². The van der Waals surface area contributed by atoms with E-state index < -0.39 is 0 Å². The minimum Gasteiger partial charge on any atom is -0.296 e. The molecular weight excluding hydrogens is 134 g/mol. The molecule has 11 heavy (non-hydrogen) atoms. The third-order valence-electron chi connectivity index (χ3n) is 2.99. The van der Waals surface area contributed by atoms with E-state index in [1.54, 1.807) is 0 Å². The molecule has 62 valence electrons. The van der Waals surface area contributed by atoms with E-state index in [0.717, 1.165) is 6.04 Å². The van der Waals surface area contributed by atoms with Crippen molar-refractivity contribution in [2.24, 2.45) is 0 Å². The number of hydrogen-bond donors (Lipinski definition) is 0. The van der Waals surface area contributed by atoms with Gasteiger partial charge in [-0.2, -0.15) is 0 Å². The fourth-order valence-corrected chi connectivity index (χ4v) is 2.04. The molecule has 0 spiro atoms. The minimum absolute atomic E-state index is 0.923. The summed E-state index contributed by atoms with van der Waals surface area (Å²) in [5.74, 6) is 0. The summed E-state index contributed by atoms with van der Waals surface area (Å²) in [6.45, 7) is 6.57. The Morgan fingerprint density at radius 2 is 2.09 bits per heavy atom. The monoisotopic (exact) mass is 151 g/mol. The lowest BCUT2D eigenvalue weighted by Gasteiger charge is -2.40. The first-order chi connectivity index (χ1) is 5.36. The molecule has 1 saturated carbocycles. The van der Waals surface area contributed by atoms with E-state index in [0.29, 0.717) is 0 Å². The molecule has 2 aliphatic rings. The molecule has 0 aromatic carbocycles. The second-order valence-electron chi connectivity index (χ2n) is 3.91. The van der Waals surface area contributed by atoms with Gasteiger partial charge in [-0.3, -0.25) is 4.90 Å². The summed E-state index contributed by atoms with van der Waals surface area (Å²) in [5, 5.41) is 0. The summed E-state index contributed by atoms with van der Waals surface area (Å²) < 4.78 is 0. The van der Waals surface area contributed by atoms with Gasteiger partial charge < -0.3 is 0 Å². The fourth-order valence-electron chi connectivity index (χ4n) is 2.04. The molecule has 0 N–H and O–H groups in total. The quantitative estimate of drug-likeness (QED) is 0.519. The van der Waals surface area contributed by atoms with Crippen LogP contribution < -0.4 is 0 Å². The molecule has 0 atom stereocenters. The van der Waals surface area contributed by atoms with E-state index in [1.807, 2.05) is 0 Å². The van der Waals surface area contributed by atoms with Gasteiger partial charge in [0.15, 0.2) is 0 Å². The molecule has 0 unspecified atom stereocenters. The molecule has 0 amide bonds. The van der Waals surface area contributed by atoms with Gasteiger partial charge in [0.2, 0.25) is 0 Å². The number of nitrogens with zero attached hydrogens (tertiary/aromatic N) is 1. The Hall–Kier alpha value is -0.300. The fraction of sp³-hybridized carbons (Fsp3) is 0.800. The molecule has 0 bridgehead atoms. The molecule has 2 rings (SSSR count). The molecule has 1 heteroatoms. The third-order valence-corrected chi connectivity index (χ3v) is 2.99. The minimum atomic E-state index is 0.923. The van der Waals surface area contributed by atoms with Crippen molar-refractivity contribution in [3.8, 4) is 0 Å². The van der Waals surface area contributed by atoms with Crippen LogP contribution >= 0.6 is 0 Å². The molecule has 1 aliphatic heterocycles. The Morgan fingerprint density at radius 1 is 1.27 bits per heavy atom. The molecule has 1 aliphatic carbocycles. The van der Waals surface area contributed by atoms with Crippen molar-refractivity contribution in [3.63, 3.8) is 0 Å². The average Bonchev–Trinajstić information content (AvgIpc) is 1.83. The molecule has 0 aromatic heterocycles. The van der Waals surface area contributed by atoms with Gasteiger partial charge in [0.1, 0.15) is 0 Å². The zero-order valence-electron chi connectivity index (χ0n) is 7.18. The standard InChI is InChI=1S/C10H17N/c1-9-4-3-7-11(8-9)10-5-2-6-10/h10H,1-8H2. The van der Waals surface area contributed by atoms with Crippen molar-refractivity contribution in [1.82, 2.24) is 4.90 Å². The summed E-state index contributed by atoms with van der Waals surface area (Å²) >= 11 is 0. The van der Waals surface area contributed by atoms with Crippen molar-refractivity contribution >= 4 is 0 Å². The second kappa shape index (κ2) is 2.98. The lowest BCUT2D eigenvalue weighted by atomic mass is 9.89. The lowest BCUT2D eigenvalue weighted by Crippen LogP contribution is -2.43. The Morgan fingerprint density at radius 3 is 2.64 bits per heavy atom. The van der Waals surface area contributed by atoms with Gasteiger partial charge in [-0.25, -0.2) is 0 Å². The number of hydrogen-bond acceptors (Lipinski definition) is 1. The van der Waals surface area contributed by atoms with Crippen molar-refractivity contribution in [3.05, 3.63) is 12.2 Å².